The van der Waals surface area contributed by atoms with Crippen LogP contribution in [0.2, 0.25) is 5.28 Å². The van der Waals surface area contributed by atoms with Gasteiger partial charge in [0.1, 0.15) is 10.6 Å². The van der Waals surface area contributed by atoms with Gasteiger partial charge in [0.15, 0.2) is 0 Å². The maximum atomic E-state index is 12.0. The Balaban J connectivity index is 2.23. The van der Waals surface area contributed by atoms with E-state index in [2.05, 4.69) is 9.97 Å². The highest BCUT2D eigenvalue weighted by Gasteiger charge is 2.30. The second-order valence-corrected chi connectivity index (χ2v) is 6.06. The van der Waals surface area contributed by atoms with E-state index >= 15 is 0 Å². The number of aromatic amines is 1. The lowest BCUT2D eigenvalue weighted by Crippen LogP contribution is -2.10. The van der Waals surface area contributed by atoms with Crippen LogP contribution in [-0.4, -0.2) is 15.8 Å². The molecule has 0 amide bonds. The highest BCUT2D eigenvalue weighted by molar-refractivity contribution is 7.18. The average molecular weight is 283 g/mol. The van der Waals surface area contributed by atoms with Gasteiger partial charge in [-0.3, -0.25) is 9.78 Å². The Hall–Kier alpha value is -1.20. The van der Waals surface area contributed by atoms with Crippen molar-refractivity contribution in [2.75, 3.05) is 0 Å². The maximum Gasteiger partial charge on any atom is 0.260 e. The van der Waals surface area contributed by atoms with Crippen molar-refractivity contribution in [3.8, 4) is 0 Å². The van der Waals surface area contributed by atoms with Gasteiger partial charge in [-0.25, -0.2) is 4.98 Å². The molecule has 3 rings (SSSR count). The fourth-order valence-corrected chi connectivity index (χ4v) is 4.16. The number of aryl methyl sites for hydroxylation is 1. The van der Waals surface area contributed by atoms with Crippen LogP contribution in [0.1, 0.15) is 36.1 Å². The van der Waals surface area contributed by atoms with E-state index < -0.39 is 0 Å². The quantitative estimate of drug-likeness (QED) is 0.861. The molecule has 0 bridgehead atoms. The normalized spacial score (nSPS) is 18.2. The van der Waals surface area contributed by atoms with Crippen molar-refractivity contribution in [3.63, 3.8) is 0 Å². The van der Waals surface area contributed by atoms with Crippen LogP contribution in [0.3, 0.4) is 0 Å². The van der Waals surface area contributed by atoms with Gasteiger partial charge >= 0.3 is 0 Å². The third-order valence-corrected chi connectivity index (χ3v) is 4.65. The summed E-state index contributed by atoms with van der Waals surface area (Å²) in [6, 6.07) is 0. The van der Waals surface area contributed by atoms with Crippen LogP contribution in [0.25, 0.3) is 10.2 Å². The summed E-state index contributed by atoms with van der Waals surface area (Å²) in [5.74, 6) is 0.320. The molecule has 0 aromatic carbocycles. The summed E-state index contributed by atoms with van der Waals surface area (Å²) in [6.07, 6.45) is 2.37. The summed E-state index contributed by atoms with van der Waals surface area (Å²) >= 11 is 7.27. The summed E-state index contributed by atoms with van der Waals surface area (Å²) in [7, 11) is 0. The van der Waals surface area contributed by atoms with E-state index in [0.29, 0.717) is 16.6 Å². The Bertz CT molecular complexity index is 704. The largest absolute Gasteiger partial charge is 0.300 e. The molecule has 2 heterocycles. The van der Waals surface area contributed by atoms with Crippen molar-refractivity contribution < 1.29 is 4.79 Å². The predicted molar refractivity (Wildman–Crippen MR) is 71.6 cm³/mol. The van der Waals surface area contributed by atoms with Crippen LogP contribution in [0, 0.1) is 0 Å². The van der Waals surface area contributed by atoms with E-state index in [0.717, 1.165) is 18.4 Å². The molecule has 0 fully saturated rings. The second-order valence-electron chi connectivity index (χ2n) is 4.62. The van der Waals surface area contributed by atoms with Crippen LogP contribution >= 0.6 is 22.9 Å². The summed E-state index contributed by atoms with van der Waals surface area (Å²) in [5, 5.41) is 0.749. The van der Waals surface area contributed by atoms with Crippen LogP contribution in [-0.2, 0) is 11.2 Å². The second kappa shape index (κ2) is 4.17. The molecule has 0 saturated carbocycles. The SMILES string of the molecule is CC(=O)CC1CCc2sc3nc(Cl)[nH]c(=O)c3c21. The predicted octanol–water partition coefficient (Wildman–Crippen LogP) is 2.65. The Morgan fingerprint density at radius 3 is 3.11 bits per heavy atom. The van der Waals surface area contributed by atoms with Crippen LogP contribution in [0.5, 0.6) is 0 Å². The number of fused-ring (bicyclic) bond motifs is 3. The first-order chi connectivity index (χ1) is 8.56. The minimum atomic E-state index is -0.196. The van der Waals surface area contributed by atoms with Gasteiger partial charge < -0.3 is 4.79 Å². The number of carbonyl (C=O) groups is 1. The summed E-state index contributed by atoms with van der Waals surface area (Å²) < 4.78 is 0. The highest BCUT2D eigenvalue weighted by Crippen LogP contribution is 2.43. The number of hydrogen-bond acceptors (Lipinski definition) is 4. The monoisotopic (exact) mass is 282 g/mol. The zero-order valence-electron chi connectivity index (χ0n) is 9.75. The highest BCUT2D eigenvalue weighted by atomic mass is 35.5. The third-order valence-electron chi connectivity index (χ3n) is 3.31. The molecule has 1 N–H and O–H groups in total. The molecule has 0 spiro atoms. The molecule has 1 aliphatic rings. The number of hydrogen-bond donors (Lipinski definition) is 1. The first-order valence-electron chi connectivity index (χ1n) is 5.76. The fourth-order valence-electron chi connectivity index (χ4n) is 2.67. The Labute approximate surface area is 112 Å². The summed E-state index contributed by atoms with van der Waals surface area (Å²) in [4.78, 5) is 31.8. The van der Waals surface area contributed by atoms with Gasteiger partial charge in [0, 0.05) is 11.3 Å². The van der Waals surface area contributed by atoms with Crippen molar-refractivity contribution in [1.82, 2.24) is 9.97 Å². The van der Waals surface area contributed by atoms with Crippen LogP contribution in [0.15, 0.2) is 4.79 Å². The Morgan fingerprint density at radius 2 is 2.39 bits per heavy atom. The van der Waals surface area contributed by atoms with Gasteiger partial charge in [0.2, 0.25) is 5.28 Å². The fraction of sp³-hybridized carbons (Fsp3) is 0.417. The van der Waals surface area contributed by atoms with Crippen LogP contribution in [0.4, 0.5) is 0 Å². The molecular weight excluding hydrogens is 272 g/mol. The van der Waals surface area contributed by atoms with Gasteiger partial charge in [-0.2, -0.15) is 0 Å². The summed E-state index contributed by atoms with van der Waals surface area (Å²) in [5.41, 5.74) is 0.827. The Morgan fingerprint density at radius 1 is 1.61 bits per heavy atom. The topological polar surface area (TPSA) is 62.8 Å². The zero-order chi connectivity index (χ0) is 12.9. The van der Waals surface area contributed by atoms with Gasteiger partial charge in [-0.05, 0) is 42.8 Å². The van der Waals surface area contributed by atoms with Gasteiger partial charge in [0.25, 0.3) is 5.56 Å². The molecule has 2 aromatic rings. The molecule has 0 radical (unpaired) electrons. The number of nitrogens with one attached hydrogen (secondary N) is 1. The van der Waals surface area contributed by atoms with Crippen molar-refractivity contribution >= 4 is 38.9 Å². The molecule has 18 heavy (non-hydrogen) atoms. The first kappa shape index (κ1) is 11.9. The molecular formula is C12H11ClN2O2S. The smallest absolute Gasteiger partial charge is 0.260 e. The number of H-pyrrole nitrogens is 1. The maximum absolute atomic E-state index is 12.0. The van der Waals surface area contributed by atoms with E-state index in [4.69, 9.17) is 11.6 Å². The minimum absolute atomic E-state index is 0.121. The molecule has 94 valence electrons. The van der Waals surface area contributed by atoms with Crippen molar-refractivity contribution in [2.24, 2.45) is 0 Å². The lowest BCUT2D eigenvalue weighted by atomic mass is 9.96. The molecule has 1 atom stereocenters. The van der Waals surface area contributed by atoms with Gasteiger partial charge in [-0.1, -0.05) is 0 Å². The zero-order valence-corrected chi connectivity index (χ0v) is 11.3. The van der Waals surface area contributed by atoms with Crippen molar-refractivity contribution in [2.45, 2.75) is 32.1 Å². The first-order valence-corrected chi connectivity index (χ1v) is 6.96. The number of nitrogens with zero attached hydrogens (tertiary/aromatic N) is 1. The number of thiophene rings is 1. The molecule has 6 heteroatoms. The van der Waals surface area contributed by atoms with Crippen molar-refractivity contribution in [3.05, 3.63) is 26.1 Å². The van der Waals surface area contributed by atoms with Crippen molar-refractivity contribution in [1.29, 1.82) is 0 Å². The third kappa shape index (κ3) is 1.78. The average Bonchev–Trinajstić information content (AvgIpc) is 2.77. The molecule has 0 aliphatic heterocycles. The molecule has 4 nitrogen and oxygen atoms in total. The standard InChI is InChI=1S/C12H11ClN2O2S/c1-5(16)4-6-2-3-7-8(6)9-10(17)14-12(13)15-11(9)18-7/h6H,2-4H2,1H3,(H,14,15,17). The number of rotatable bonds is 2. The molecule has 1 aliphatic carbocycles. The van der Waals surface area contributed by atoms with Gasteiger partial charge in [-0.15, -0.1) is 11.3 Å². The number of ketones is 1. The van der Waals surface area contributed by atoms with E-state index in [-0.39, 0.29) is 22.5 Å². The molecule has 1 unspecified atom stereocenters. The van der Waals surface area contributed by atoms with Crippen LogP contribution < -0.4 is 5.56 Å². The lowest BCUT2D eigenvalue weighted by molar-refractivity contribution is -0.117. The summed E-state index contributed by atoms with van der Waals surface area (Å²) in [6.45, 7) is 1.59. The number of halogens is 1. The number of carbonyl (C=O) groups excluding carboxylic acids is 1. The van der Waals surface area contributed by atoms with Gasteiger partial charge in [0.05, 0.1) is 5.39 Å². The lowest BCUT2D eigenvalue weighted by Gasteiger charge is -2.07. The minimum Gasteiger partial charge on any atom is -0.300 e. The molecule has 0 saturated heterocycles. The number of aromatic nitrogens is 2. The van der Waals surface area contributed by atoms with E-state index in [9.17, 15) is 9.59 Å². The van der Waals surface area contributed by atoms with E-state index in [1.165, 1.54) is 16.2 Å². The van der Waals surface area contributed by atoms with E-state index in [1.54, 1.807) is 6.92 Å². The Kier molecular flexibility index (Phi) is 2.75. The number of Topliss-reactive ketones (excluding diaryl/α,β-unsaturated/α-hetero) is 1. The molecule has 2 aromatic heterocycles. The van der Waals surface area contributed by atoms with E-state index in [1.807, 2.05) is 0 Å².